The fraction of sp³-hybridized carbons (Fsp3) is 0.188. The second kappa shape index (κ2) is 6.44. The first-order valence-corrected chi connectivity index (χ1v) is 6.69. The molecule has 3 nitrogen and oxygen atoms in total. The minimum atomic E-state index is -0.00410. The Hall–Kier alpha value is -2.00. The van der Waals surface area contributed by atoms with E-state index in [-0.39, 0.29) is 18.1 Å². The SMILES string of the molecule is CN(Cc1cccc(Cl)c1)C(=O)Cc1cccc(O)c1. The number of rotatable bonds is 4. The fourth-order valence-corrected chi connectivity index (χ4v) is 2.19. The van der Waals surface area contributed by atoms with Crippen LogP contribution in [0, 0.1) is 0 Å². The molecule has 0 saturated carbocycles. The van der Waals surface area contributed by atoms with Crippen LogP contribution < -0.4 is 0 Å². The number of phenolic OH excluding ortho intramolecular Hbond substituents is 1. The van der Waals surface area contributed by atoms with Crippen LogP contribution in [0.5, 0.6) is 5.75 Å². The Morgan fingerprint density at radius 3 is 2.55 bits per heavy atom. The van der Waals surface area contributed by atoms with E-state index in [9.17, 15) is 9.90 Å². The summed E-state index contributed by atoms with van der Waals surface area (Å²) in [4.78, 5) is 13.8. The van der Waals surface area contributed by atoms with E-state index in [0.29, 0.717) is 11.6 Å². The van der Waals surface area contributed by atoms with Crippen molar-refractivity contribution in [3.63, 3.8) is 0 Å². The third-order valence-electron chi connectivity index (χ3n) is 3.00. The van der Waals surface area contributed by atoms with Gasteiger partial charge in [-0.15, -0.1) is 0 Å². The Labute approximate surface area is 123 Å². The molecule has 0 aliphatic rings. The molecule has 2 aromatic rings. The molecule has 4 heteroatoms. The number of halogens is 1. The number of hydrogen-bond acceptors (Lipinski definition) is 2. The molecule has 0 bridgehead atoms. The van der Waals surface area contributed by atoms with Gasteiger partial charge in [0.25, 0.3) is 0 Å². The fourth-order valence-electron chi connectivity index (χ4n) is 1.97. The topological polar surface area (TPSA) is 40.5 Å². The quantitative estimate of drug-likeness (QED) is 0.938. The van der Waals surface area contributed by atoms with E-state index in [2.05, 4.69) is 0 Å². The average molecular weight is 290 g/mol. The monoisotopic (exact) mass is 289 g/mol. The molecular weight excluding hydrogens is 274 g/mol. The molecule has 0 aliphatic heterocycles. The van der Waals surface area contributed by atoms with Gasteiger partial charge in [0.2, 0.25) is 5.91 Å². The summed E-state index contributed by atoms with van der Waals surface area (Å²) in [6.07, 6.45) is 0.269. The molecule has 20 heavy (non-hydrogen) atoms. The molecule has 104 valence electrons. The zero-order valence-electron chi connectivity index (χ0n) is 11.2. The zero-order chi connectivity index (χ0) is 14.5. The summed E-state index contributed by atoms with van der Waals surface area (Å²) in [6.45, 7) is 0.512. The number of benzene rings is 2. The third-order valence-corrected chi connectivity index (χ3v) is 3.24. The van der Waals surface area contributed by atoms with E-state index in [0.717, 1.165) is 11.1 Å². The number of carbonyl (C=O) groups excluding carboxylic acids is 1. The van der Waals surface area contributed by atoms with E-state index >= 15 is 0 Å². The van der Waals surface area contributed by atoms with Crippen LogP contribution in [0.25, 0.3) is 0 Å². The Bertz CT molecular complexity index is 613. The average Bonchev–Trinajstić information content (AvgIpc) is 2.38. The van der Waals surface area contributed by atoms with Gasteiger partial charge in [0.15, 0.2) is 0 Å². The Morgan fingerprint density at radius 2 is 1.85 bits per heavy atom. The predicted octanol–water partition coefficient (Wildman–Crippen LogP) is 3.25. The maximum absolute atomic E-state index is 12.1. The third kappa shape index (κ3) is 4.00. The lowest BCUT2D eigenvalue weighted by atomic mass is 10.1. The summed E-state index contributed by atoms with van der Waals surface area (Å²) in [7, 11) is 1.76. The minimum absolute atomic E-state index is 0.00410. The van der Waals surface area contributed by atoms with Gasteiger partial charge in [-0.25, -0.2) is 0 Å². The first-order chi connectivity index (χ1) is 9.54. The zero-order valence-corrected chi connectivity index (χ0v) is 12.0. The van der Waals surface area contributed by atoms with Crippen LogP contribution in [0.4, 0.5) is 0 Å². The number of likely N-dealkylation sites (N-methyl/N-ethyl adjacent to an activating group) is 1. The summed E-state index contributed by atoms with van der Waals surface area (Å²) in [5.74, 6) is 0.170. The normalized spacial score (nSPS) is 10.3. The lowest BCUT2D eigenvalue weighted by Gasteiger charge is -2.17. The van der Waals surface area contributed by atoms with E-state index in [1.54, 1.807) is 36.2 Å². The Kier molecular flexibility index (Phi) is 4.64. The van der Waals surface area contributed by atoms with E-state index < -0.39 is 0 Å². The highest BCUT2D eigenvalue weighted by Gasteiger charge is 2.10. The van der Waals surface area contributed by atoms with Crippen molar-refractivity contribution in [1.82, 2.24) is 4.90 Å². The van der Waals surface area contributed by atoms with Crippen molar-refractivity contribution in [1.29, 1.82) is 0 Å². The second-order valence-corrected chi connectivity index (χ2v) is 5.16. The molecular formula is C16H16ClNO2. The summed E-state index contributed by atoms with van der Waals surface area (Å²) >= 11 is 5.92. The molecule has 0 unspecified atom stereocenters. The molecule has 0 aliphatic carbocycles. The summed E-state index contributed by atoms with van der Waals surface area (Å²) < 4.78 is 0. The minimum Gasteiger partial charge on any atom is -0.508 e. The molecule has 1 amide bonds. The molecule has 0 fully saturated rings. The number of phenols is 1. The van der Waals surface area contributed by atoms with Crippen molar-refractivity contribution in [2.75, 3.05) is 7.05 Å². The van der Waals surface area contributed by atoms with E-state index in [1.807, 2.05) is 24.3 Å². The summed E-state index contributed by atoms with van der Waals surface area (Å²) in [5, 5.41) is 10.1. The number of nitrogens with zero attached hydrogens (tertiary/aromatic N) is 1. The van der Waals surface area contributed by atoms with Crippen LogP contribution in [-0.2, 0) is 17.8 Å². The van der Waals surface area contributed by atoms with Gasteiger partial charge in [0.1, 0.15) is 5.75 Å². The van der Waals surface area contributed by atoms with Crippen molar-refractivity contribution in [3.05, 3.63) is 64.7 Å². The molecule has 0 saturated heterocycles. The van der Waals surface area contributed by atoms with Crippen molar-refractivity contribution >= 4 is 17.5 Å². The van der Waals surface area contributed by atoms with Gasteiger partial charge in [-0.1, -0.05) is 35.9 Å². The van der Waals surface area contributed by atoms with Crippen LogP contribution in [0.1, 0.15) is 11.1 Å². The lowest BCUT2D eigenvalue weighted by molar-refractivity contribution is -0.129. The second-order valence-electron chi connectivity index (χ2n) is 4.73. The molecule has 0 spiro atoms. The van der Waals surface area contributed by atoms with Gasteiger partial charge in [0, 0.05) is 18.6 Å². The van der Waals surface area contributed by atoms with Gasteiger partial charge in [-0.3, -0.25) is 4.79 Å². The molecule has 0 radical (unpaired) electrons. The van der Waals surface area contributed by atoms with Crippen LogP contribution in [0.3, 0.4) is 0 Å². The van der Waals surface area contributed by atoms with Crippen LogP contribution in [-0.4, -0.2) is 23.0 Å². The standard InChI is InChI=1S/C16H16ClNO2/c1-18(11-13-5-2-6-14(17)8-13)16(20)10-12-4-3-7-15(19)9-12/h2-9,19H,10-11H2,1H3. The summed E-state index contributed by atoms with van der Waals surface area (Å²) in [6, 6.07) is 14.2. The number of aromatic hydroxyl groups is 1. The maximum atomic E-state index is 12.1. The van der Waals surface area contributed by atoms with Gasteiger partial charge >= 0.3 is 0 Å². The molecule has 0 heterocycles. The van der Waals surface area contributed by atoms with Crippen molar-refractivity contribution in [2.24, 2.45) is 0 Å². The molecule has 0 atom stereocenters. The molecule has 2 rings (SSSR count). The van der Waals surface area contributed by atoms with Crippen LogP contribution in [0.2, 0.25) is 5.02 Å². The Morgan fingerprint density at radius 1 is 1.15 bits per heavy atom. The highest BCUT2D eigenvalue weighted by atomic mass is 35.5. The van der Waals surface area contributed by atoms with Gasteiger partial charge in [0.05, 0.1) is 6.42 Å². The largest absolute Gasteiger partial charge is 0.508 e. The number of hydrogen-bond donors (Lipinski definition) is 1. The molecule has 0 aromatic heterocycles. The highest BCUT2D eigenvalue weighted by Crippen LogP contribution is 2.14. The highest BCUT2D eigenvalue weighted by molar-refractivity contribution is 6.30. The predicted molar refractivity (Wildman–Crippen MR) is 79.7 cm³/mol. The van der Waals surface area contributed by atoms with E-state index in [4.69, 9.17) is 11.6 Å². The molecule has 1 N–H and O–H groups in total. The van der Waals surface area contributed by atoms with E-state index in [1.165, 1.54) is 0 Å². The lowest BCUT2D eigenvalue weighted by Crippen LogP contribution is -2.27. The van der Waals surface area contributed by atoms with Crippen molar-refractivity contribution in [3.8, 4) is 5.75 Å². The van der Waals surface area contributed by atoms with Gasteiger partial charge in [-0.05, 0) is 35.4 Å². The number of amides is 1. The maximum Gasteiger partial charge on any atom is 0.227 e. The van der Waals surface area contributed by atoms with Gasteiger partial charge in [-0.2, -0.15) is 0 Å². The first-order valence-electron chi connectivity index (χ1n) is 6.31. The van der Waals surface area contributed by atoms with Crippen LogP contribution >= 0.6 is 11.6 Å². The van der Waals surface area contributed by atoms with Crippen LogP contribution in [0.15, 0.2) is 48.5 Å². The Balaban J connectivity index is 1.98. The first kappa shape index (κ1) is 14.4. The van der Waals surface area contributed by atoms with Crippen molar-refractivity contribution < 1.29 is 9.90 Å². The van der Waals surface area contributed by atoms with Gasteiger partial charge < -0.3 is 10.0 Å². The molecule has 2 aromatic carbocycles. The summed E-state index contributed by atoms with van der Waals surface area (Å²) in [5.41, 5.74) is 1.79. The van der Waals surface area contributed by atoms with Crippen molar-refractivity contribution in [2.45, 2.75) is 13.0 Å². The number of carbonyl (C=O) groups is 1. The smallest absolute Gasteiger partial charge is 0.227 e.